The summed E-state index contributed by atoms with van der Waals surface area (Å²) in [6.07, 6.45) is 0.310. The second kappa shape index (κ2) is 5.83. The van der Waals surface area contributed by atoms with Gasteiger partial charge in [-0.15, -0.1) is 5.10 Å². The van der Waals surface area contributed by atoms with Crippen molar-refractivity contribution in [1.29, 1.82) is 0 Å². The molecule has 2 rings (SSSR count). The maximum Gasteiger partial charge on any atom is 0.218 e. The number of aryl methyl sites for hydroxylation is 2. The minimum Gasteiger partial charge on any atom is -0.370 e. The molecule has 19 heavy (non-hydrogen) atoms. The molecule has 1 aromatic heterocycles. The molecule has 100 valence electrons. The molecule has 1 heterocycles. The molecule has 0 atom stereocenters. The van der Waals surface area contributed by atoms with Crippen LogP contribution in [-0.4, -0.2) is 31.9 Å². The Balaban J connectivity index is 2.26. The summed E-state index contributed by atoms with van der Waals surface area (Å²) in [6, 6.07) is 6.03. The normalized spacial score (nSPS) is 10.6. The molecule has 2 aromatic rings. The lowest BCUT2D eigenvalue weighted by Gasteiger charge is -2.10. The zero-order valence-corrected chi connectivity index (χ0v) is 11.6. The molecule has 0 bridgehead atoms. The minimum atomic E-state index is -0.321. The predicted molar refractivity (Wildman–Crippen MR) is 73.2 cm³/mol. The first-order valence-electron chi connectivity index (χ1n) is 5.85. The van der Waals surface area contributed by atoms with Crippen LogP contribution < -0.4 is 5.73 Å². The number of carbonyl (C=O) groups is 1. The lowest BCUT2D eigenvalue weighted by Crippen LogP contribution is -2.11. The summed E-state index contributed by atoms with van der Waals surface area (Å²) < 4.78 is 1.70. The first-order valence-corrected chi connectivity index (χ1v) is 6.84. The number of rotatable bonds is 5. The van der Waals surface area contributed by atoms with Crippen LogP contribution in [0.5, 0.6) is 0 Å². The van der Waals surface area contributed by atoms with Gasteiger partial charge < -0.3 is 5.73 Å². The molecule has 0 saturated heterocycles. The monoisotopic (exact) mass is 277 g/mol. The van der Waals surface area contributed by atoms with Gasteiger partial charge in [0.1, 0.15) is 0 Å². The van der Waals surface area contributed by atoms with Crippen molar-refractivity contribution in [2.24, 2.45) is 5.73 Å². The van der Waals surface area contributed by atoms with Crippen LogP contribution in [0.15, 0.2) is 23.4 Å². The van der Waals surface area contributed by atoms with Crippen molar-refractivity contribution in [2.75, 3.05) is 5.75 Å². The number of para-hydroxylation sites is 1. The summed E-state index contributed by atoms with van der Waals surface area (Å²) in [5, 5.41) is 12.4. The third-order valence-electron chi connectivity index (χ3n) is 2.67. The number of primary amides is 1. The molecular formula is C12H15N5OS. The molecule has 0 unspecified atom stereocenters. The molecule has 0 spiro atoms. The summed E-state index contributed by atoms with van der Waals surface area (Å²) in [4.78, 5) is 10.7. The van der Waals surface area contributed by atoms with E-state index in [4.69, 9.17) is 5.73 Å². The van der Waals surface area contributed by atoms with Gasteiger partial charge in [0.15, 0.2) is 0 Å². The lowest BCUT2D eigenvalue weighted by molar-refractivity contribution is -0.117. The Hall–Kier alpha value is -1.89. The van der Waals surface area contributed by atoms with Crippen molar-refractivity contribution < 1.29 is 4.79 Å². The summed E-state index contributed by atoms with van der Waals surface area (Å²) >= 11 is 1.42. The third-order valence-corrected chi connectivity index (χ3v) is 3.59. The number of nitrogens with zero attached hydrogens (tertiary/aromatic N) is 4. The number of nitrogens with two attached hydrogens (primary N) is 1. The van der Waals surface area contributed by atoms with Crippen molar-refractivity contribution >= 4 is 17.7 Å². The van der Waals surface area contributed by atoms with E-state index in [2.05, 4.69) is 15.5 Å². The topological polar surface area (TPSA) is 86.7 Å². The number of benzene rings is 1. The number of thioether (sulfide) groups is 1. The van der Waals surface area contributed by atoms with E-state index < -0.39 is 0 Å². The molecule has 0 fully saturated rings. The van der Waals surface area contributed by atoms with Crippen LogP contribution in [0.25, 0.3) is 5.69 Å². The van der Waals surface area contributed by atoms with E-state index in [-0.39, 0.29) is 5.91 Å². The zero-order valence-electron chi connectivity index (χ0n) is 10.8. The van der Waals surface area contributed by atoms with E-state index in [1.807, 2.05) is 32.0 Å². The van der Waals surface area contributed by atoms with Gasteiger partial charge in [0, 0.05) is 12.2 Å². The Morgan fingerprint density at radius 1 is 1.37 bits per heavy atom. The van der Waals surface area contributed by atoms with Crippen molar-refractivity contribution in [3.63, 3.8) is 0 Å². The number of carbonyl (C=O) groups excluding carboxylic acids is 1. The van der Waals surface area contributed by atoms with Gasteiger partial charge in [-0.3, -0.25) is 4.79 Å². The highest BCUT2D eigenvalue weighted by atomic mass is 32.2. The second-order valence-electron chi connectivity index (χ2n) is 4.18. The molecule has 7 heteroatoms. The highest BCUT2D eigenvalue weighted by Crippen LogP contribution is 2.23. The van der Waals surface area contributed by atoms with Crippen LogP contribution in [-0.2, 0) is 4.79 Å². The number of hydrogen-bond donors (Lipinski definition) is 1. The van der Waals surface area contributed by atoms with E-state index in [0.29, 0.717) is 17.3 Å². The van der Waals surface area contributed by atoms with Crippen LogP contribution in [0.2, 0.25) is 0 Å². The molecule has 2 N–H and O–H groups in total. The first-order chi connectivity index (χ1) is 9.09. The average Bonchev–Trinajstić information content (AvgIpc) is 2.77. The third kappa shape index (κ3) is 3.11. The fraction of sp³-hybridized carbons (Fsp3) is 0.333. The first kappa shape index (κ1) is 13.5. The minimum absolute atomic E-state index is 0.310. The van der Waals surface area contributed by atoms with Crippen LogP contribution in [0.3, 0.4) is 0 Å². The molecular weight excluding hydrogens is 262 g/mol. The van der Waals surface area contributed by atoms with E-state index in [1.165, 1.54) is 11.8 Å². The van der Waals surface area contributed by atoms with Gasteiger partial charge in [0.25, 0.3) is 0 Å². The molecule has 6 nitrogen and oxygen atoms in total. The maximum absolute atomic E-state index is 10.7. The lowest BCUT2D eigenvalue weighted by atomic mass is 10.1. The van der Waals surface area contributed by atoms with Crippen molar-refractivity contribution in [3.8, 4) is 5.69 Å². The standard InChI is InChI=1S/C12H15N5OS/c1-8-4-3-5-9(2)11(8)17-12(14-15-16-17)19-7-6-10(13)18/h3-5H,6-7H2,1-2H3,(H2,13,18). The summed E-state index contributed by atoms with van der Waals surface area (Å²) in [7, 11) is 0. The fourth-order valence-electron chi connectivity index (χ4n) is 1.79. The smallest absolute Gasteiger partial charge is 0.218 e. The SMILES string of the molecule is Cc1cccc(C)c1-n1nnnc1SCCC(N)=O. The predicted octanol–water partition coefficient (Wildman–Crippen LogP) is 1.25. The van der Waals surface area contributed by atoms with Crippen molar-refractivity contribution in [1.82, 2.24) is 20.2 Å². The van der Waals surface area contributed by atoms with Crippen LogP contribution >= 0.6 is 11.8 Å². The number of amides is 1. The highest BCUT2D eigenvalue weighted by Gasteiger charge is 2.13. The van der Waals surface area contributed by atoms with Gasteiger partial charge in [0.2, 0.25) is 11.1 Å². The van der Waals surface area contributed by atoms with Gasteiger partial charge in [-0.2, -0.15) is 4.68 Å². The second-order valence-corrected chi connectivity index (χ2v) is 5.24. The molecule has 0 radical (unpaired) electrons. The largest absolute Gasteiger partial charge is 0.370 e. The molecule has 1 aromatic carbocycles. The molecule has 0 aliphatic heterocycles. The zero-order chi connectivity index (χ0) is 13.8. The summed E-state index contributed by atoms with van der Waals surface area (Å²) in [5.74, 6) is 0.249. The quantitative estimate of drug-likeness (QED) is 0.831. The van der Waals surface area contributed by atoms with E-state index in [1.54, 1.807) is 4.68 Å². The highest BCUT2D eigenvalue weighted by molar-refractivity contribution is 7.99. The van der Waals surface area contributed by atoms with Gasteiger partial charge >= 0.3 is 0 Å². The number of tetrazole rings is 1. The van der Waals surface area contributed by atoms with Gasteiger partial charge in [0.05, 0.1) is 5.69 Å². The summed E-state index contributed by atoms with van der Waals surface area (Å²) in [5.41, 5.74) is 8.30. The Labute approximate surface area is 115 Å². The van der Waals surface area contributed by atoms with Crippen molar-refractivity contribution in [2.45, 2.75) is 25.4 Å². The Bertz CT molecular complexity index is 575. The Morgan fingerprint density at radius 3 is 2.68 bits per heavy atom. The van der Waals surface area contributed by atoms with Crippen molar-refractivity contribution in [3.05, 3.63) is 29.3 Å². The molecule has 1 amide bonds. The van der Waals surface area contributed by atoms with Gasteiger partial charge in [-0.05, 0) is 35.4 Å². The van der Waals surface area contributed by atoms with Crippen LogP contribution in [0.4, 0.5) is 0 Å². The molecule has 0 aliphatic rings. The van der Waals surface area contributed by atoms with E-state index in [9.17, 15) is 4.79 Å². The Kier molecular flexibility index (Phi) is 4.16. The van der Waals surface area contributed by atoms with Gasteiger partial charge in [-0.25, -0.2) is 0 Å². The Morgan fingerprint density at radius 2 is 2.05 bits per heavy atom. The van der Waals surface area contributed by atoms with Gasteiger partial charge in [-0.1, -0.05) is 30.0 Å². The summed E-state index contributed by atoms with van der Waals surface area (Å²) in [6.45, 7) is 4.03. The van der Waals surface area contributed by atoms with E-state index in [0.717, 1.165) is 16.8 Å². The maximum atomic E-state index is 10.7. The number of aromatic nitrogens is 4. The average molecular weight is 277 g/mol. The number of hydrogen-bond acceptors (Lipinski definition) is 5. The molecule has 0 saturated carbocycles. The molecule has 0 aliphatic carbocycles. The van der Waals surface area contributed by atoms with Crippen LogP contribution in [0, 0.1) is 13.8 Å². The van der Waals surface area contributed by atoms with Crippen LogP contribution in [0.1, 0.15) is 17.5 Å². The fourth-order valence-corrected chi connectivity index (χ4v) is 2.62. The van der Waals surface area contributed by atoms with E-state index >= 15 is 0 Å².